The summed E-state index contributed by atoms with van der Waals surface area (Å²) in [7, 11) is 0. The molecule has 90 valence electrons. The molecule has 1 atom stereocenters. The fourth-order valence-corrected chi connectivity index (χ4v) is 5.64. The largest absolute Gasteiger partial charge is 0.121 e. The third-order valence-corrected chi connectivity index (χ3v) is 5.64. The molecule has 2 rings (SSSR count). The van der Waals surface area contributed by atoms with E-state index >= 15 is 0 Å². The van der Waals surface area contributed by atoms with Crippen molar-refractivity contribution < 1.29 is 0 Å². The number of rotatable bonds is 2. The lowest BCUT2D eigenvalue weighted by Crippen LogP contribution is -1.93. The summed E-state index contributed by atoms with van der Waals surface area (Å²) in [4.78, 5) is 0. The van der Waals surface area contributed by atoms with Crippen LogP contribution in [0.25, 0.3) is 0 Å². The zero-order valence-electron chi connectivity index (χ0n) is 8.81. The molecule has 1 aromatic carbocycles. The van der Waals surface area contributed by atoms with E-state index in [0.29, 0.717) is 0 Å². The Balaban J connectivity index is 2.43. The molecule has 0 fully saturated rings. The van der Waals surface area contributed by atoms with E-state index in [1.54, 1.807) is 11.3 Å². The molecule has 0 N–H and O–H groups in total. The highest BCUT2D eigenvalue weighted by atomic mass is 79.9. The van der Waals surface area contributed by atoms with E-state index in [-0.39, 0.29) is 5.38 Å². The van der Waals surface area contributed by atoms with Crippen LogP contribution < -0.4 is 0 Å². The minimum Gasteiger partial charge on any atom is -0.121 e. The van der Waals surface area contributed by atoms with Crippen molar-refractivity contribution in [1.82, 2.24) is 0 Å². The molecule has 0 nitrogen and oxygen atoms in total. The van der Waals surface area contributed by atoms with Crippen LogP contribution in [0.5, 0.6) is 0 Å². The Hall–Kier alpha value is 0.650. The van der Waals surface area contributed by atoms with Gasteiger partial charge in [-0.05, 0) is 68.1 Å². The molecule has 0 aliphatic carbocycles. The molecule has 0 aliphatic heterocycles. The summed E-state index contributed by atoms with van der Waals surface area (Å²) in [5.41, 5.74) is 3.40. The molecule has 0 radical (unpaired) electrons. The van der Waals surface area contributed by atoms with Crippen LogP contribution in [-0.4, -0.2) is 0 Å². The third kappa shape index (κ3) is 3.35. The molecular formula is C12H8Br3ClS. The fourth-order valence-electron chi connectivity index (χ4n) is 1.62. The van der Waals surface area contributed by atoms with E-state index in [1.165, 1.54) is 5.56 Å². The van der Waals surface area contributed by atoms with Crippen LogP contribution in [0.3, 0.4) is 0 Å². The monoisotopic (exact) mass is 456 g/mol. The maximum atomic E-state index is 6.53. The highest BCUT2D eigenvalue weighted by Crippen LogP contribution is 2.41. The van der Waals surface area contributed by atoms with Gasteiger partial charge in [-0.15, -0.1) is 22.9 Å². The van der Waals surface area contributed by atoms with Crippen molar-refractivity contribution in [3.63, 3.8) is 0 Å². The third-order valence-electron chi connectivity index (χ3n) is 2.31. The molecular weight excluding hydrogens is 451 g/mol. The highest BCUT2D eigenvalue weighted by Gasteiger charge is 2.17. The van der Waals surface area contributed by atoms with Gasteiger partial charge in [0.2, 0.25) is 0 Å². The summed E-state index contributed by atoms with van der Waals surface area (Å²) in [5, 5.41) is -0.136. The molecule has 0 amide bonds. The van der Waals surface area contributed by atoms with E-state index in [0.717, 1.165) is 23.2 Å². The topological polar surface area (TPSA) is 0 Å². The van der Waals surface area contributed by atoms with Gasteiger partial charge < -0.3 is 0 Å². The van der Waals surface area contributed by atoms with Crippen molar-refractivity contribution in [2.24, 2.45) is 0 Å². The van der Waals surface area contributed by atoms with Crippen LogP contribution in [0.2, 0.25) is 0 Å². The minimum atomic E-state index is -0.136. The number of halogens is 4. The molecule has 0 saturated carbocycles. The predicted octanol–water partition coefficient (Wildman–Crippen LogP) is 6.67. The molecule has 17 heavy (non-hydrogen) atoms. The van der Waals surface area contributed by atoms with Crippen molar-refractivity contribution in [3.8, 4) is 0 Å². The van der Waals surface area contributed by atoms with Crippen LogP contribution >= 0.6 is 70.7 Å². The fraction of sp³-hybridized carbons (Fsp3) is 0.167. The zero-order chi connectivity index (χ0) is 12.6. The lowest BCUT2D eigenvalue weighted by molar-refractivity contribution is 1.13. The summed E-state index contributed by atoms with van der Waals surface area (Å²) in [6.07, 6.45) is 0. The van der Waals surface area contributed by atoms with Crippen LogP contribution in [-0.2, 0) is 0 Å². The summed E-state index contributed by atoms with van der Waals surface area (Å²) >= 11 is 18.7. The minimum absolute atomic E-state index is 0.136. The summed E-state index contributed by atoms with van der Waals surface area (Å²) < 4.78 is 3.21. The lowest BCUT2D eigenvalue weighted by atomic mass is 10.1. The first-order valence-corrected chi connectivity index (χ1v) is 8.46. The van der Waals surface area contributed by atoms with Crippen molar-refractivity contribution in [2.45, 2.75) is 12.3 Å². The Kier molecular flexibility index (Phi) is 4.75. The van der Waals surface area contributed by atoms with Gasteiger partial charge in [-0.25, -0.2) is 0 Å². The molecule has 1 aromatic heterocycles. The predicted molar refractivity (Wildman–Crippen MR) is 86.3 cm³/mol. The number of thiophene rings is 1. The first kappa shape index (κ1) is 14.1. The molecule has 1 unspecified atom stereocenters. The molecule has 0 bridgehead atoms. The Labute approximate surface area is 135 Å². The molecule has 2 aromatic rings. The van der Waals surface area contributed by atoms with E-state index in [4.69, 9.17) is 11.6 Å². The second-order valence-electron chi connectivity index (χ2n) is 3.70. The van der Waals surface area contributed by atoms with Gasteiger partial charge in [-0.3, -0.25) is 0 Å². The number of aryl methyl sites for hydroxylation is 1. The molecule has 5 heteroatoms. The first-order valence-electron chi connectivity index (χ1n) is 4.83. The molecule has 0 saturated heterocycles. The van der Waals surface area contributed by atoms with Gasteiger partial charge in [0.15, 0.2) is 0 Å². The van der Waals surface area contributed by atoms with Gasteiger partial charge in [0, 0.05) is 10.0 Å². The Bertz CT molecular complexity index is 530. The first-order chi connectivity index (χ1) is 7.97. The Morgan fingerprint density at radius 3 is 2.35 bits per heavy atom. The van der Waals surface area contributed by atoms with Gasteiger partial charge in [-0.1, -0.05) is 22.0 Å². The van der Waals surface area contributed by atoms with Crippen LogP contribution in [0.4, 0.5) is 0 Å². The van der Waals surface area contributed by atoms with Gasteiger partial charge in [0.1, 0.15) is 0 Å². The normalized spacial score (nSPS) is 12.8. The van der Waals surface area contributed by atoms with Gasteiger partial charge in [-0.2, -0.15) is 0 Å². The summed E-state index contributed by atoms with van der Waals surface area (Å²) in [6, 6.07) is 8.30. The number of benzene rings is 1. The van der Waals surface area contributed by atoms with Gasteiger partial charge in [0.25, 0.3) is 0 Å². The Morgan fingerprint density at radius 2 is 1.82 bits per heavy atom. The standard InChI is InChI=1S/C12H8Br3ClS/c1-6-2-7(4-8(13)3-6)11(16)9-5-10(14)17-12(9)15/h2-5,11H,1H3. The SMILES string of the molecule is Cc1cc(Br)cc(C(Cl)c2cc(Br)sc2Br)c1. The smallest absolute Gasteiger partial charge is 0.0855 e. The highest BCUT2D eigenvalue weighted by molar-refractivity contribution is 9.12. The molecule has 0 spiro atoms. The summed E-state index contributed by atoms with van der Waals surface area (Å²) in [5.74, 6) is 0. The Morgan fingerprint density at radius 1 is 1.12 bits per heavy atom. The maximum Gasteiger partial charge on any atom is 0.0855 e. The number of hydrogen-bond acceptors (Lipinski definition) is 1. The average Bonchev–Trinajstić information content (AvgIpc) is 2.55. The van der Waals surface area contributed by atoms with Crippen LogP contribution in [0.1, 0.15) is 22.1 Å². The summed E-state index contributed by atoms with van der Waals surface area (Å²) in [6.45, 7) is 2.07. The quantitative estimate of drug-likeness (QED) is 0.440. The lowest BCUT2D eigenvalue weighted by Gasteiger charge is -2.10. The van der Waals surface area contributed by atoms with E-state index in [2.05, 4.69) is 79.0 Å². The van der Waals surface area contributed by atoms with E-state index in [1.807, 2.05) is 0 Å². The van der Waals surface area contributed by atoms with Gasteiger partial charge >= 0.3 is 0 Å². The second-order valence-corrected chi connectivity index (χ2v) is 8.81. The number of alkyl halides is 1. The van der Waals surface area contributed by atoms with E-state index in [9.17, 15) is 0 Å². The van der Waals surface area contributed by atoms with Crippen LogP contribution in [0.15, 0.2) is 36.3 Å². The second kappa shape index (κ2) is 5.74. The van der Waals surface area contributed by atoms with Crippen molar-refractivity contribution >= 4 is 70.7 Å². The number of hydrogen-bond donors (Lipinski definition) is 0. The van der Waals surface area contributed by atoms with Gasteiger partial charge in [0.05, 0.1) is 12.9 Å². The van der Waals surface area contributed by atoms with Crippen molar-refractivity contribution in [3.05, 3.63) is 53.0 Å². The van der Waals surface area contributed by atoms with Crippen molar-refractivity contribution in [1.29, 1.82) is 0 Å². The molecule has 0 aliphatic rings. The average molecular weight is 459 g/mol. The van der Waals surface area contributed by atoms with Crippen LogP contribution in [0, 0.1) is 6.92 Å². The zero-order valence-corrected chi connectivity index (χ0v) is 15.1. The van der Waals surface area contributed by atoms with Crippen molar-refractivity contribution in [2.75, 3.05) is 0 Å². The molecule has 1 heterocycles. The maximum absolute atomic E-state index is 6.53. The van der Waals surface area contributed by atoms with E-state index < -0.39 is 0 Å².